The first-order chi connectivity index (χ1) is 12.2. The van der Waals surface area contributed by atoms with E-state index >= 15 is 0 Å². The third-order valence-electron chi connectivity index (χ3n) is 5.54. The first kappa shape index (κ1) is 16.3. The smallest absolute Gasteiger partial charge is 0.268 e. The number of aromatic nitrogens is 2. The van der Waals surface area contributed by atoms with E-state index in [9.17, 15) is 9.59 Å². The van der Waals surface area contributed by atoms with Crippen LogP contribution in [0.5, 0.6) is 0 Å². The van der Waals surface area contributed by atoms with Crippen LogP contribution >= 0.6 is 0 Å². The Labute approximate surface area is 147 Å². The fourth-order valence-electron chi connectivity index (χ4n) is 4.25. The molecule has 25 heavy (non-hydrogen) atoms. The van der Waals surface area contributed by atoms with Gasteiger partial charge in [0.1, 0.15) is 0 Å². The summed E-state index contributed by atoms with van der Waals surface area (Å²) in [5.74, 6) is 0. The standard InChI is InChI=1S/C20H25N3O2/c24-19-17-10-4-5-11-18(17)20(25)23(21-19)16-9-6-12-22(14-16)13-15-7-2-1-3-8-15/h1-3,7-8,16H,4-6,9-14H2,(H,21,24). The molecule has 1 unspecified atom stereocenters. The number of nitrogens with zero attached hydrogens (tertiary/aromatic N) is 2. The van der Waals surface area contributed by atoms with E-state index in [-0.39, 0.29) is 17.2 Å². The average Bonchev–Trinajstić information content (AvgIpc) is 2.66. The molecule has 132 valence electrons. The van der Waals surface area contributed by atoms with Gasteiger partial charge in [-0.15, -0.1) is 0 Å². The summed E-state index contributed by atoms with van der Waals surface area (Å²) in [5.41, 5.74) is 2.74. The van der Waals surface area contributed by atoms with E-state index in [1.54, 1.807) is 4.68 Å². The van der Waals surface area contributed by atoms with Crippen LogP contribution in [-0.4, -0.2) is 27.8 Å². The topological polar surface area (TPSA) is 58.1 Å². The maximum Gasteiger partial charge on any atom is 0.268 e. The van der Waals surface area contributed by atoms with Crippen LogP contribution in [-0.2, 0) is 19.4 Å². The van der Waals surface area contributed by atoms with Crippen molar-refractivity contribution in [3.05, 3.63) is 67.7 Å². The number of benzene rings is 1. The number of rotatable bonds is 3. The number of likely N-dealkylation sites (tertiary alicyclic amines) is 1. The Morgan fingerprint density at radius 1 is 1.00 bits per heavy atom. The second kappa shape index (κ2) is 7.00. The Kier molecular flexibility index (Phi) is 4.57. The molecule has 2 heterocycles. The van der Waals surface area contributed by atoms with E-state index in [0.717, 1.165) is 69.3 Å². The molecule has 0 saturated carbocycles. The SMILES string of the molecule is O=c1[nH]n(C2CCCN(Cc3ccccc3)C2)c(=O)c2c1CCCC2. The van der Waals surface area contributed by atoms with Crippen molar-refractivity contribution in [2.24, 2.45) is 0 Å². The molecule has 1 atom stereocenters. The normalized spacial score (nSPS) is 21.0. The van der Waals surface area contributed by atoms with Gasteiger partial charge < -0.3 is 0 Å². The molecule has 1 fully saturated rings. The maximum absolute atomic E-state index is 12.9. The molecule has 1 saturated heterocycles. The Morgan fingerprint density at radius 3 is 2.56 bits per heavy atom. The molecule has 5 nitrogen and oxygen atoms in total. The average molecular weight is 339 g/mol. The van der Waals surface area contributed by atoms with Gasteiger partial charge in [-0.2, -0.15) is 0 Å². The van der Waals surface area contributed by atoms with E-state index < -0.39 is 0 Å². The largest absolute Gasteiger partial charge is 0.297 e. The van der Waals surface area contributed by atoms with Gasteiger partial charge in [0.15, 0.2) is 0 Å². The third-order valence-corrected chi connectivity index (χ3v) is 5.54. The number of piperidine rings is 1. The molecule has 0 radical (unpaired) electrons. The number of aromatic amines is 1. The fraction of sp³-hybridized carbons (Fsp3) is 0.500. The van der Waals surface area contributed by atoms with Crippen LogP contribution in [0.4, 0.5) is 0 Å². The molecule has 1 aromatic carbocycles. The van der Waals surface area contributed by atoms with Crippen LogP contribution < -0.4 is 11.1 Å². The second-order valence-corrected chi connectivity index (χ2v) is 7.30. The van der Waals surface area contributed by atoms with Crippen LogP contribution in [0.1, 0.15) is 48.4 Å². The zero-order chi connectivity index (χ0) is 17.2. The highest BCUT2D eigenvalue weighted by molar-refractivity contribution is 5.24. The van der Waals surface area contributed by atoms with Crippen LogP contribution in [0.15, 0.2) is 39.9 Å². The highest BCUT2D eigenvalue weighted by Crippen LogP contribution is 2.22. The minimum Gasteiger partial charge on any atom is -0.297 e. The molecule has 1 aromatic heterocycles. The molecule has 0 spiro atoms. The predicted molar refractivity (Wildman–Crippen MR) is 98.0 cm³/mol. The number of fused-ring (bicyclic) bond motifs is 1. The number of H-pyrrole nitrogens is 1. The molecule has 1 N–H and O–H groups in total. The Balaban J connectivity index is 1.58. The minimum atomic E-state index is -0.0607. The van der Waals surface area contributed by atoms with Crippen molar-refractivity contribution in [2.45, 2.75) is 51.1 Å². The van der Waals surface area contributed by atoms with Crippen LogP contribution in [0.25, 0.3) is 0 Å². The van der Waals surface area contributed by atoms with Gasteiger partial charge >= 0.3 is 0 Å². The van der Waals surface area contributed by atoms with Crippen LogP contribution in [0.3, 0.4) is 0 Å². The van der Waals surface area contributed by atoms with Crippen molar-refractivity contribution in [3.8, 4) is 0 Å². The molecular formula is C20H25N3O2. The van der Waals surface area contributed by atoms with Crippen molar-refractivity contribution in [3.63, 3.8) is 0 Å². The zero-order valence-corrected chi connectivity index (χ0v) is 14.5. The van der Waals surface area contributed by atoms with Crippen molar-refractivity contribution in [1.29, 1.82) is 0 Å². The van der Waals surface area contributed by atoms with E-state index in [2.05, 4.69) is 34.3 Å². The number of nitrogens with one attached hydrogen (secondary N) is 1. The van der Waals surface area contributed by atoms with Gasteiger partial charge in [0.25, 0.3) is 11.1 Å². The summed E-state index contributed by atoms with van der Waals surface area (Å²) in [5, 5.41) is 2.88. The highest BCUT2D eigenvalue weighted by atomic mass is 16.2. The lowest BCUT2D eigenvalue weighted by Crippen LogP contribution is -2.44. The van der Waals surface area contributed by atoms with Crippen molar-refractivity contribution in [1.82, 2.24) is 14.7 Å². The third kappa shape index (κ3) is 3.33. The van der Waals surface area contributed by atoms with Gasteiger partial charge in [-0.25, -0.2) is 4.68 Å². The summed E-state index contributed by atoms with van der Waals surface area (Å²) < 4.78 is 1.63. The van der Waals surface area contributed by atoms with E-state index in [1.165, 1.54) is 5.56 Å². The second-order valence-electron chi connectivity index (χ2n) is 7.30. The van der Waals surface area contributed by atoms with Gasteiger partial charge in [0.05, 0.1) is 6.04 Å². The Hall–Kier alpha value is -2.14. The molecule has 2 aliphatic rings. The molecule has 1 aliphatic carbocycles. The minimum absolute atomic E-state index is 0.0286. The molecule has 5 heteroatoms. The van der Waals surface area contributed by atoms with Crippen LogP contribution in [0, 0.1) is 0 Å². The van der Waals surface area contributed by atoms with Gasteiger partial charge in [0.2, 0.25) is 0 Å². The van der Waals surface area contributed by atoms with Gasteiger partial charge in [-0.05, 0) is 50.6 Å². The Morgan fingerprint density at radius 2 is 1.76 bits per heavy atom. The summed E-state index contributed by atoms with van der Waals surface area (Å²) in [6.07, 6.45) is 5.50. The summed E-state index contributed by atoms with van der Waals surface area (Å²) in [4.78, 5) is 27.7. The quantitative estimate of drug-likeness (QED) is 0.933. The first-order valence-electron chi connectivity index (χ1n) is 9.35. The Bertz CT molecular complexity index is 853. The lowest BCUT2D eigenvalue weighted by molar-refractivity contribution is 0.159. The van der Waals surface area contributed by atoms with Crippen molar-refractivity contribution >= 4 is 0 Å². The molecule has 2 aromatic rings. The molecular weight excluding hydrogens is 314 g/mol. The monoisotopic (exact) mass is 339 g/mol. The summed E-state index contributed by atoms with van der Waals surface area (Å²) in [6, 6.07) is 10.5. The molecule has 0 amide bonds. The van der Waals surface area contributed by atoms with Crippen LogP contribution in [0.2, 0.25) is 0 Å². The maximum atomic E-state index is 12.9. The lowest BCUT2D eigenvalue weighted by Gasteiger charge is -2.33. The number of hydrogen-bond donors (Lipinski definition) is 1. The van der Waals surface area contributed by atoms with Gasteiger partial charge in [-0.3, -0.25) is 19.6 Å². The van der Waals surface area contributed by atoms with E-state index in [4.69, 9.17) is 0 Å². The van der Waals surface area contributed by atoms with Crippen molar-refractivity contribution in [2.75, 3.05) is 13.1 Å². The fourth-order valence-corrected chi connectivity index (χ4v) is 4.25. The van der Waals surface area contributed by atoms with E-state index in [0.29, 0.717) is 0 Å². The summed E-state index contributed by atoms with van der Waals surface area (Å²) in [7, 11) is 0. The van der Waals surface area contributed by atoms with Gasteiger partial charge in [-0.1, -0.05) is 30.3 Å². The lowest BCUT2D eigenvalue weighted by atomic mass is 9.94. The van der Waals surface area contributed by atoms with Gasteiger partial charge in [0, 0.05) is 24.2 Å². The molecule has 1 aliphatic heterocycles. The predicted octanol–water partition coefficient (Wildman–Crippen LogP) is 2.25. The summed E-state index contributed by atoms with van der Waals surface area (Å²) >= 11 is 0. The highest BCUT2D eigenvalue weighted by Gasteiger charge is 2.26. The molecule has 0 bridgehead atoms. The van der Waals surface area contributed by atoms with E-state index in [1.807, 2.05) is 6.07 Å². The zero-order valence-electron chi connectivity index (χ0n) is 14.5. The first-order valence-corrected chi connectivity index (χ1v) is 9.35. The number of hydrogen-bond acceptors (Lipinski definition) is 3. The molecule has 4 rings (SSSR count). The summed E-state index contributed by atoms with van der Waals surface area (Å²) in [6.45, 7) is 2.74. The van der Waals surface area contributed by atoms with Crippen molar-refractivity contribution < 1.29 is 0 Å².